The molecule has 1 rings (SSSR count). The molecule has 1 aromatic carbocycles. The van der Waals surface area contributed by atoms with Crippen LogP contribution in [0.3, 0.4) is 0 Å². The Labute approximate surface area is 77.0 Å². The van der Waals surface area contributed by atoms with Crippen LogP contribution in [0.25, 0.3) is 0 Å². The minimum Gasteiger partial charge on any atom is -0.504 e. The van der Waals surface area contributed by atoms with Crippen LogP contribution in [-0.2, 0) is 0 Å². The smallest absolute Gasteiger partial charge is 0.197 e. The van der Waals surface area contributed by atoms with Gasteiger partial charge in [-0.1, -0.05) is 6.07 Å². The van der Waals surface area contributed by atoms with Gasteiger partial charge in [-0.05, 0) is 32.9 Å². The minimum atomic E-state index is -0.546. The van der Waals surface area contributed by atoms with Crippen LogP contribution in [0.4, 0.5) is 4.39 Å². The van der Waals surface area contributed by atoms with Crippen LogP contribution in [0, 0.1) is 5.82 Å². The van der Waals surface area contributed by atoms with Gasteiger partial charge < -0.3 is 9.84 Å². The molecule has 0 amide bonds. The fourth-order valence-electron chi connectivity index (χ4n) is 0.905. The van der Waals surface area contributed by atoms with Gasteiger partial charge in [-0.2, -0.15) is 0 Å². The van der Waals surface area contributed by atoms with Crippen LogP contribution in [0.1, 0.15) is 20.8 Å². The number of phenolic OH excluding ortho intramolecular Hbond substituents is 1. The molecule has 3 heteroatoms. The maximum atomic E-state index is 13.1. The lowest BCUT2D eigenvalue weighted by molar-refractivity contribution is 0.119. The fraction of sp³-hybridized carbons (Fsp3) is 0.400. The summed E-state index contributed by atoms with van der Waals surface area (Å²) in [4.78, 5) is 0. The summed E-state index contributed by atoms with van der Waals surface area (Å²) < 4.78 is 18.3. The second-order valence-corrected chi connectivity index (χ2v) is 3.80. The Morgan fingerprint density at radius 3 is 2.38 bits per heavy atom. The first-order valence-corrected chi connectivity index (χ1v) is 4.06. The fourth-order valence-corrected chi connectivity index (χ4v) is 0.905. The van der Waals surface area contributed by atoms with E-state index in [1.807, 2.05) is 0 Å². The molecule has 13 heavy (non-hydrogen) atoms. The monoisotopic (exact) mass is 184 g/mol. The highest BCUT2D eigenvalue weighted by Gasteiger charge is 2.17. The Morgan fingerprint density at radius 2 is 1.92 bits per heavy atom. The molecule has 1 N–H and O–H groups in total. The molecule has 0 aliphatic carbocycles. The molecular weight excluding hydrogens is 171 g/mol. The van der Waals surface area contributed by atoms with Gasteiger partial charge in [0.05, 0.1) is 0 Å². The maximum Gasteiger partial charge on any atom is 0.197 e. The lowest BCUT2D eigenvalue weighted by Gasteiger charge is -2.21. The quantitative estimate of drug-likeness (QED) is 0.727. The van der Waals surface area contributed by atoms with E-state index >= 15 is 0 Å². The Hall–Kier alpha value is -1.25. The van der Waals surface area contributed by atoms with E-state index in [4.69, 9.17) is 4.74 Å². The Bertz CT molecular complexity index is 282. The lowest BCUT2D eigenvalue weighted by atomic mass is 10.2. The molecule has 0 aromatic heterocycles. The number of hydrogen-bond acceptors (Lipinski definition) is 2. The van der Waals surface area contributed by atoms with Crippen LogP contribution >= 0.6 is 0 Å². The number of rotatable bonds is 1. The first-order valence-electron chi connectivity index (χ1n) is 4.06. The number of hydrogen-bond donors (Lipinski definition) is 1. The van der Waals surface area contributed by atoms with Gasteiger partial charge >= 0.3 is 0 Å². The van der Waals surface area contributed by atoms with Crippen LogP contribution in [0.15, 0.2) is 18.2 Å². The average Bonchev–Trinajstić information content (AvgIpc) is 1.95. The molecule has 0 atom stereocenters. The van der Waals surface area contributed by atoms with Crippen molar-refractivity contribution in [1.29, 1.82) is 0 Å². The molecule has 0 heterocycles. The standard InChI is InChI=1S/C10H13FO2/c1-10(2,3)13-9-7(11)5-4-6-8(9)12/h4-6,12H,1-3H3. The number of benzene rings is 1. The molecule has 0 spiro atoms. The van der Waals surface area contributed by atoms with Crippen molar-refractivity contribution in [2.75, 3.05) is 0 Å². The Morgan fingerprint density at radius 1 is 1.31 bits per heavy atom. The molecular formula is C10H13FO2. The van der Waals surface area contributed by atoms with Crippen LogP contribution in [0.5, 0.6) is 11.5 Å². The molecule has 0 saturated carbocycles. The van der Waals surface area contributed by atoms with Crippen molar-refractivity contribution < 1.29 is 14.2 Å². The van der Waals surface area contributed by atoms with Crippen molar-refractivity contribution in [3.05, 3.63) is 24.0 Å². The highest BCUT2D eigenvalue weighted by molar-refractivity contribution is 5.39. The van der Waals surface area contributed by atoms with Gasteiger partial charge in [0.1, 0.15) is 5.60 Å². The van der Waals surface area contributed by atoms with E-state index in [1.165, 1.54) is 18.2 Å². The van der Waals surface area contributed by atoms with Crippen molar-refractivity contribution in [3.63, 3.8) is 0 Å². The normalized spacial score (nSPS) is 11.4. The maximum absolute atomic E-state index is 13.1. The van der Waals surface area contributed by atoms with Gasteiger partial charge in [0.25, 0.3) is 0 Å². The van der Waals surface area contributed by atoms with Crippen LogP contribution in [-0.4, -0.2) is 10.7 Å². The first-order chi connectivity index (χ1) is 5.90. The van der Waals surface area contributed by atoms with E-state index in [1.54, 1.807) is 20.8 Å². The average molecular weight is 184 g/mol. The summed E-state index contributed by atoms with van der Waals surface area (Å²) in [6.07, 6.45) is 0. The number of para-hydroxylation sites is 1. The van der Waals surface area contributed by atoms with Crippen LogP contribution in [0.2, 0.25) is 0 Å². The summed E-state index contributed by atoms with van der Waals surface area (Å²) in [5.41, 5.74) is -0.514. The number of phenols is 1. The summed E-state index contributed by atoms with van der Waals surface area (Å²) in [5, 5.41) is 9.29. The van der Waals surface area contributed by atoms with Gasteiger partial charge in [-0.25, -0.2) is 4.39 Å². The number of aromatic hydroxyl groups is 1. The summed E-state index contributed by atoms with van der Waals surface area (Å²) >= 11 is 0. The van der Waals surface area contributed by atoms with E-state index in [0.29, 0.717) is 0 Å². The van der Waals surface area contributed by atoms with E-state index in [-0.39, 0.29) is 11.5 Å². The van der Waals surface area contributed by atoms with Gasteiger partial charge in [0.15, 0.2) is 17.3 Å². The largest absolute Gasteiger partial charge is 0.504 e. The van der Waals surface area contributed by atoms with Crippen molar-refractivity contribution in [2.45, 2.75) is 26.4 Å². The summed E-state index contributed by atoms with van der Waals surface area (Å²) in [6, 6.07) is 4.07. The molecule has 0 aliphatic rings. The zero-order chi connectivity index (χ0) is 10.1. The zero-order valence-corrected chi connectivity index (χ0v) is 7.97. The van der Waals surface area contributed by atoms with Gasteiger partial charge in [0, 0.05) is 0 Å². The predicted octanol–water partition coefficient (Wildman–Crippen LogP) is 2.71. The van der Waals surface area contributed by atoms with Gasteiger partial charge in [0.2, 0.25) is 0 Å². The minimum absolute atomic E-state index is 0.0880. The third kappa shape index (κ3) is 2.61. The van der Waals surface area contributed by atoms with E-state index in [9.17, 15) is 9.50 Å². The number of halogens is 1. The SMILES string of the molecule is CC(C)(C)Oc1c(O)cccc1F. The topological polar surface area (TPSA) is 29.5 Å². The van der Waals surface area contributed by atoms with Gasteiger partial charge in [-0.3, -0.25) is 0 Å². The summed E-state index contributed by atoms with van der Waals surface area (Å²) in [6.45, 7) is 5.37. The number of ether oxygens (including phenoxy) is 1. The Balaban J connectivity index is 3.00. The van der Waals surface area contributed by atoms with Crippen molar-refractivity contribution >= 4 is 0 Å². The molecule has 0 fully saturated rings. The highest BCUT2D eigenvalue weighted by Crippen LogP contribution is 2.31. The Kier molecular flexibility index (Phi) is 2.45. The van der Waals surface area contributed by atoms with Gasteiger partial charge in [-0.15, -0.1) is 0 Å². The molecule has 0 unspecified atom stereocenters. The molecule has 0 saturated heterocycles. The van der Waals surface area contributed by atoms with E-state index < -0.39 is 11.4 Å². The second-order valence-electron chi connectivity index (χ2n) is 3.80. The second kappa shape index (κ2) is 3.24. The zero-order valence-electron chi connectivity index (χ0n) is 7.97. The third-order valence-electron chi connectivity index (χ3n) is 1.35. The molecule has 1 aromatic rings. The third-order valence-corrected chi connectivity index (χ3v) is 1.35. The van der Waals surface area contributed by atoms with Crippen molar-refractivity contribution in [3.8, 4) is 11.5 Å². The summed E-state index contributed by atoms with van der Waals surface area (Å²) in [7, 11) is 0. The van der Waals surface area contributed by atoms with Crippen molar-refractivity contribution in [1.82, 2.24) is 0 Å². The molecule has 0 bridgehead atoms. The highest BCUT2D eigenvalue weighted by atomic mass is 19.1. The summed E-state index contributed by atoms with van der Waals surface area (Å²) in [5.74, 6) is -0.806. The van der Waals surface area contributed by atoms with E-state index in [0.717, 1.165) is 0 Å². The first kappa shape index (κ1) is 9.84. The van der Waals surface area contributed by atoms with E-state index in [2.05, 4.69) is 0 Å². The van der Waals surface area contributed by atoms with Crippen LogP contribution < -0.4 is 4.74 Å². The predicted molar refractivity (Wildman–Crippen MR) is 48.4 cm³/mol. The molecule has 0 radical (unpaired) electrons. The lowest BCUT2D eigenvalue weighted by Crippen LogP contribution is -2.23. The molecule has 0 aliphatic heterocycles. The molecule has 72 valence electrons. The van der Waals surface area contributed by atoms with Crippen molar-refractivity contribution in [2.24, 2.45) is 0 Å². The molecule has 2 nitrogen and oxygen atoms in total.